The monoisotopic (exact) mass is 492 g/mol. The van der Waals surface area contributed by atoms with E-state index >= 15 is 0 Å². The minimum absolute atomic E-state index is 0.206. The van der Waals surface area contributed by atoms with Crippen LogP contribution in [0.2, 0.25) is 15.1 Å². The van der Waals surface area contributed by atoms with Crippen LogP contribution in [-0.2, 0) is 0 Å². The van der Waals surface area contributed by atoms with Gasteiger partial charge in [0.1, 0.15) is 4.92 Å². The van der Waals surface area contributed by atoms with Crippen molar-refractivity contribution in [1.82, 2.24) is 4.68 Å². The van der Waals surface area contributed by atoms with Crippen molar-refractivity contribution in [2.45, 2.75) is 0 Å². The molecule has 0 bridgehead atoms. The van der Waals surface area contributed by atoms with E-state index in [2.05, 4.69) is 10.1 Å². The molecule has 0 N–H and O–H groups in total. The summed E-state index contributed by atoms with van der Waals surface area (Å²) in [5, 5.41) is 18.6. The Hall–Kier alpha value is -2.91. The van der Waals surface area contributed by atoms with Crippen LogP contribution in [0.3, 0.4) is 0 Å². The van der Waals surface area contributed by atoms with Crippen LogP contribution in [0.25, 0.3) is 11.3 Å². The molecule has 0 aliphatic carbocycles. The van der Waals surface area contributed by atoms with Gasteiger partial charge in [0.15, 0.2) is 5.76 Å². The van der Waals surface area contributed by atoms with Gasteiger partial charge in [-0.05, 0) is 36.4 Å². The van der Waals surface area contributed by atoms with Gasteiger partial charge in [-0.3, -0.25) is 10.1 Å². The molecule has 7 nitrogen and oxygen atoms in total. The lowest BCUT2D eigenvalue weighted by Gasteiger charge is -2.06. The predicted molar refractivity (Wildman–Crippen MR) is 123 cm³/mol. The first-order valence-electron chi connectivity index (χ1n) is 8.66. The van der Waals surface area contributed by atoms with Gasteiger partial charge in [0, 0.05) is 16.0 Å². The van der Waals surface area contributed by atoms with Gasteiger partial charge in [0.25, 0.3) is 0 Å². The van der Waals surface area contributed by atoms with Gasteiger partial charge < -0.3 is 4.42 Å². The normalized spacial score (nSPS) is 12.0. The van der Waals surface area contributed by atoms with E-state index in [4.69, 9.17) is 39.2 Å². The Morgan fingerprint density at radius 3 is 2.61 bits per heavy atom. The molecule has 0 atom stereocenters. The van der Waals surface area contributed by atoms with E-state index in [1.807, 2.05) is 17.5 Å². The van der Waals surface area contributed by atoms with Crippen molar-refractivity contribution >= 4 is 63.9 Å². The van der Waals surface area contributed by atoms with Gasteiger partial charge in [0.05, 0.1) is 33.7 Å². The first-order valence-corrected chi connectivity index (χ1v) is 10.7. The highest BCUT2D eigenvalue weighted by Crippen LogP contribution is 2.31. The number of nitrogens with zero attached hydrogens (tertiary/aromatic N) is 4. The first kappa shape index (κ1) is 21.3. The fourth-order valence-electron chi connectivity index (χ4n) is 2.64. The lowest BCUT2D eigenvalue weighted by Crippen LogP contribution is -2.11. The highest BCUT2D eigenvalue weighted by Gasteiger charge is 2.14. The second kappa shape index (κ2) is 9.07. The molecule has 0 aliphatic heterocycles. The van der Waals surface area contributed by atoms with E-state index in [0.29, 0.717) is 36.8 Å². The third-order valence-corrected chi connectivity index (χ3v) is 5.75. The predicted octanol–water partition coefficient (Wildman–Crippen LogP) is 6.79. The molecule has 0 saturated heterocycles. The average molecular weight is 494 g/mol. The highest BCUT2D eigenvalue weighted by molar-refractivity contribution is 7.07. The Morgan fingerprint density at radius 1 is 1.06 bits per heavy atom. The second-order valence-electron chi connectivity index (χ2n) is 6.08. The van der Waals surface area contributed by atoms with E-state index in [9.17, 15) is 10.1 Å². The van der Waals surface area contributed by atoms with Crippen LogP contribution >= 0.6 is 46.1 Å². The molecule has 2 aromatic heterocycles. The molecule has 4 rings (SSSR count). The zero-order valence-corrected chi connectivity index (χ0v) is 18.5. The fraction of sp³-hybridized carbons (Fsp3) is 0. The molecule has 0 saturated carbocycles. The van der Waals surface area contributed by atoms with Crippen molar-refractivity contribution in [1.29, 1.82) is 0 Å². The summed E-state index contributed by atoms with van der Waals surface area (Å²) in [5.74, 6) is -0.173. The molecule has 0 amide bonds. The number of halogens is 3. The maximum absolute atomic E-state index is 10.9. The quantitative estimate of drug-likeness (QED) is 0.174. The molecule has 31 heavy (non-hydrogen) atoms. The molecular weight excluding hydrogens is 483 g/mol. The molecule has 4 aromatic rings. The second-order valence-corrected chi connectivity index (χ2v) is 8.17. The molecule has 0 aliphatic rings. The first-order chi connectivity index (χ1) is 14.9. The third kappa shape index (κ3) is 4.72. The van der Waals surface area contributed by atoms with E-state index < -0.39 is 4.92 Å². The van der Waals surface area contributed by atoms with E-state index in [-0.39, 0.29) is 11.6 Å². The Morgan fingerprint density at radius 2 is 1.87 bits per heavy atom. The minimum Gasteiger partial charge on any atom is -0.400 e. The van der Waals surface area contributed by atoms with Crippen LogP contribution < -0.4 is 4.80 Å². The smallest absolute Gasteiger partial charge is 0.400 e. The standard InChI is InChI=1S/C20H11Cl3N4O3S/c21-12-5-7-15(22)14(9-12)18-11-31-20(25-17-4-2-1-3-16(17)23)26(18)24-10-13-6-8-19(30-13)27(28)29/h1-11H. The zero-order chi connectivity index (χ0) is 22.0. The molecule has 2 aromatic carbocycles. The number of para-hydroxylation sites is 1. The van der Waals surface area contributed by atoms with Crippen molar-refractivity contribution in [2.24, 2.45) is 10.1 Å². The molecule has 2 heterocycles. The topological polar surface area (TPSA) is 85.9 Å². The largest absolute Gasteiger partial charge is 0.433 e. The van der Waals surface area contributed by atoms with Gasteiger partial charge >= 0.3 is 5.88 Å². The number of rotatable bonds is 5. The summed E-state index contributed by atoms with van der Waals surface area (Å²) < 4.78 is 6.69. The van der Waals surface area contributed by atoms with E-state index in [1.54, 1.807) is 35.0 Å². The maximum Gasteiger partial charge on any atom is 0.433 e. The summed E-state index contributed by atoms with van der Waals surface area (Å²) in [5.41, 5.74) is 1.83. The molecule has 156 valence electrons. The number of hydrogen-bond acceptors (Lipinski definition) is 6. The van der Waals surface area contributed by atoms with Crippen molar-refractivity contribution < 1.29 is 9.34 Å². The highest BCUT2D eigenvalue weighted by atomic mass is 35.5. The van der Waals surface area contributed by atoms with Crippen molar-refractivity contribution in [3.63, 3.8) is 0 Å². The fourth-order valence-corrected chi connectivity index (χ4v) is 4.04. The summed E-state index contributed by atoms with van der Waals surface area (Å²) in [6.45, 7) is 0. The number of furan rings is 1. The molecular formula is C20H11Cl3N4O3S. The van der Waals surface area contributed by atoms with Gasteiger partial charge in [0.2, 0.25) is 4.80 Å². The van der Waals surface area contributed by atoms with Crippen LogP contribution in [0, 0.1) is 10.1 Å². The van der Waals surface area contributed by atoms with Gasteiger partial charge in [-0.25, -0.2) is 9.67 Å². The molecule has 0 spiro atoms. The molecule has 0 radical (unpaired) electrons. The van der Waals surface area contributed by atoms with Crippen LogP contribution in [0.15, 0.2) is 74.5 Å². The summed E-state index contributed by atoms with van der Waals surface area (Å²) in [6, 6.07) is 14.9. The van der Waals surface area contributed by atoms with Gasteiger partial charge in [-0.2, -0.15) is 5.10 Å². The molecule has 0 unspecified atom stereocenters. The lowest BCUT2D eigenvalue weighted by atomic mass is 10.2. The molecule has 0 fully saturated rings. The Kier molecular flexibility index (Phi) is 6.24. The van der Waals surface area contributed by atoms with Crippen LogP contribution in [0.5, 0.6) is 0 Å². The van der Waals surface area contributed by atoms with Crippen LogP contribution in [0.1, 0.15) is 5.76 Å². The summed E-state index contributed by atoms with van der Waals surface area (Å²) >= 11 is 20.1. The van der Waals surface area contributed by atoms with E-state index in [0.717, 1.165) is 0 Å². The summed E-state index contributed by atoms with van der Waals surface area (Å²) in [7, 11) is 0. The van der Waals surface area contributed by atoms with Crippen molar-refractivity contribution in [2.75, 3.05) is 0 Å². The Bertz CT molecular complexity index is 1370. The number of thiazole rings is 1. The number of hydrogen-bond donors (Lipinski definition) is 0. The summed E-state index contributed by atoms with van der Waals surface area (Å²) in [4.78, 5) is 15.3. The van der Waals surface area contributed by atoms with Crippen molar-refractivity contribution in [3.8, 4) is 11.3 Å². The minimum atomic E-state index is -0.621. The Labute approximate surface area is 194 Å². The average Bonchev–Trinajstić information content (AvgIpc) is 3.37. The SMILES string of the molecule is O=[N+]([O-])c1ccc(C=Nn2c(-c3cc(Cl)ccc3Cl)csc2=Nc2ccccc2Cl)o1. The molecule has 11 heteroatoms. The zero-order valence-electron chi connectivity index (χ0n) is 15.4. The van der Waals surface area contributed by atoms with Crippen LogP contribution in [-0.4, -0.2) is 15.8 Å². The van der Waals surface area contributed by atoms with E-state index in [1.165, 1.54) is 29.7 Å². The van der Waals surface area contributed by atoms with Gasteiger partial charge in [-0.1, -0.05) is 46.9 Å². The Balaban J connectivity index is 1.87. The lowest BCUT2D eigenvalue weighted by molar-refractivity contribution is -0.402. The number of benzene rings is 2. The summed E-state index contributed by atoms with van der Waals surface area (Å²) in [6.07, 6.45) is 1.35. The van der Waals surface area contributed by atoms with Crippen LogP contribution in [0.4, 0.5) is 11.6 Å². The van der Waals surface area contributed by atoms with Crippen molar-refractivity contribution in [3.05, 3.63) is 95.7 Å². The number of nitro groups is 1. The third-order valence-electron chi connectivity index (χ3n) is 4.05. The number of aromatic nitrogens is 1. The van der Waals surface area contributed by atoms with Gasteiger partial charge in [-0.15, -0.1) is 11.3 Å². The maximum atomic E-state index is 10.9.